The molecule has 0 spiro atoms. The van der Waals surface area contributed by atoms with Crippen LogP contribution in [0, 0.1) is 0 Å². The third kappa shape index (κ3) is 1.31. The van der Waals surface area contributed by atoms with E-state index in [-0.39, 0.29) is 0 Å². The molecule has 0 saturated carbocycles. The third-order valence-corrected chi connectivity index (χ3v) is 1.45. The van der Waals surface area contributed by atoms with Gasteiger partial charge in [0.25, 0.3) is 0 Å². The average molecular weight is 125 g/mol. The van der Waals surface area contributed by atoms with Gasteiger partial charge in [-0.2, -0.15) is 4.58 Å². The molecule has 0 aromatic rings. The minimum absolute atomic E-state index is 1.00. The fourth-order valence-electron chi connectivity index (χ4n) is 0.819. The maximum atomic E-state index is 2.21. The summed E-state index contributed by atoms with van der Waals surface area (Å²) in [4.78, 5) is 2.15. The maximum Gasteiger partial charge on any atom is 0.223 e. The molecule has 2 nitrogen and oxygen atoms in total. The summed E-state index contributed by atoms with van der Waals surface area (Å²) in [7, 11) is 2.07. The summed E-state index contributed by atoms with van der Waals surface area (Å²) in [6.45, 7) is 5.23. The normalized spacial score (nSPS) is 17.2. The fraction of sp³-hybridized carbons (Fsp3) is 0.571. The number of rotatable bonds is 0. The number of hydrogen-bond donors (Lipinski definition) is 0. The van der Waals surface area contributed by atoms with Crippen LogP contribution in [0.1, 0.15) is 13.8 Å². The number of nitrogens with zero attached hydrogens (tertiary/aromatic N) is 2. The lowest BCUT2D eigenvalue weighted by Gasteiger charge is -2.00. The maximum absolute atomic E-state index is 2.21. The zero-order chi connectivity index (χ0) is 6.85. The van der Waals surface area contributed by atoms with E-state index in [1.807, 2.05) is 0 Å². The highest BCUT2D eigenvalue weighted by atomic mass is 15.3. The van der Waals surface area contributed by atoms with Crippen molar-refractivity contribution in [2.75, 3.05) is 13.7 Å². The van der Waals surface area contributed by atoms with Crippen LogP contribution in [0.2, 0.25) is 0 Å². The van der Waals surface area contributed by atoms with Crippen LogP contribution in [-0.2, 0) is 0 Å². The number of hydrogen-bond acceptors (Lipinski definition) is 1. The van der Waals surface area contributed by atoms with Gasteiger partial charge in [-0.05, 0) is 0 Å². The Labute approximate surface area is 56.1 Å². The van der Waals surface area contributed by atoms with Crippen LogP contribution in [0.4, 0.5) is 0 Å². The molecule has 2 heteroatoms. The van der Waals surface area contributed by atoms with Gasteiger partial charge in [0, 0.05) is 20.9 Å². The van der Waals surface area contributed by atoms with Crippen molar-refractivity contribution in [1.82, 2.24) is 4.90 Å². The molecule has 1 rings (SSSR count). The minimum atomic E-state index is 1.00. The minimum Gasteiger partial charge on any atom is -0.321 e. The van der Waals surface area contributed by atoms with E-state index in [0.717, 1.165) is 6.67 Å². The summed E-state index contributed by atoms with van der Waals surface area (Å²) >= 11 is 0. The molecule has 0 aromatic carbocycles. The summed E-state index contributed by atoms with van der Waals surface area (Å²) in [6, 6.07) is 0. The Morgan fingerprint density at radius 1 is 1.56 bits per heavy atom. The summed E-state index contributed by atoms with van der Waals surface area (Å²) < 4.78 is 2.21. The largest absolute Gasteiger partial charge is 0.321 e. The highest BCUT2D eigenvalue weighted by Gasteiger charge is 2.11. The van der Waals surface area contributed by atoms with Gasteiger partial charge in [0.15, 0.2) is 11.9 Å². The second kappa shape index (κ2) is 2.21. The van der Waals surface area contributed by atoms with E-state index in [2.05, 4.69) is 42.8 Å². The SMILES string of the molecule is CC(C)=[N+]1C=CN(C)C1. The molecule has 0 amide bonds. The predicted molar refractivity (Wildman–Crippen MR) is 38.4 cm³/mol. The van der Waals surface area contributed by atoms with Crippen LogP contribution in [0.15, 0.2) is 12.4 Å². The first-order valence-corrected chi connectivity index (χ1v) is 3.15. The van der Waals surface area contributed by atoms with Crippen molar-refractivity contribution in [3.63, 3.8) is 0 Å². The molecule has 0 radical (unpaired) electrons. The van der Waals surface area contributed by atoms with Crippen molar-refractivity contribution in [1.29, 1.82) is 0 Å². The summed E-state index contributed by atoms with van der Waals surface area (Å²) in [5, 5.41) is 0. The molecule has 9 heavy (non-hydrogen) atoms. The molecule has 1 aliphatic rings. The Hall–Kier alpha value is -0.790. The van der Waals surface area contributed by atoms with Crippen molar-refractivity contribution in [3.8, 4) is 0 Å². The van der Waals surface area contributed by atoms with Crippen molar-refractivity contribution in [2.24, 2.45) is 0 Å². The van der Waals surface area contributed by atoms with Gasteiger partial charge in [-0.3, -0.25) is 0 Å². The molecule has 0 aliphatic carbocycles. The van der Waals surface area contributed by atoms with Crippen molar-refractivity contribution in [3.05, 3.63) is 12.4 Å². The molecular weight excluding hydrogens is 112 g/mol. The van der Waals surface area contributed by atoms with Gasteiger partial charge in [-0.1, -0.05) is 0 Å². The van der Waals surface area contributed by atoms with Gasteiger partial charge in [-0.15, -0.1) is 0 Å². The van der Waals surface area contributed by atoms with E-state index in [9.17, 15) is 0 Å². The van der Waals surface area contributed by atoms with Crippen LogP contribution in [0.25, 0.3) is 0 Å². The average Bonchev–Trinajstić information content (AvgIpc) is 2.14. The van der Waals surface area contributed by atoms with Gasteiger partial charge < -0.3 is 4.90 Å². The van der Waals surface area contributed by atoms with E-state index >= 15 is 0 Å². The van der Waals surface area contributed by atoms with E-state index < -0.39 is 0 Å². The quantitative estimate of drug-likeness (QED) is 0.435. The first-order chi connectivity index (χ1) is 4.20. The van der Waals surface area contributed by atoms with Crippen LogP contribution < -0.4 is 0 Å². The molecule has 0 aromatic heterocycles. The smallest absolute Gasteiger partial charge is 0.223 e. The van der Waals surface area contributed by atoms with E-state index in [4.69, 9.17) is 0 Å². The fourth-order valence-corrected chi connectivity index (χ4v) is 0.819. The van der Waals surface area contributed by atoms with E-state index in [1.165, 1.54) is 5.71 Å². The van der Waals surface area contributed by atoms with Gasteiger partial charge in [0.05, 0.1) is 6.20 Å². The molecular formula is C7H13N2+. The molecule has 50 valence electrons. The molecule has 0 N–H and O–H groups in total. The summed E-state index contributed by atoms with van der Waals surface area (Å²) in [6.07, 6.45) is 4.17. The van der Waals surface area contributed by atoms with Crippen LogP contribution >= 0.6 is 0 Å². The zero-order valence-electron chi connectivity index (χ0n) is 6.26. The highest BCUT2D eigenvalue weighted by molar-refractivity contribution is 5.74. The molecule has 0 unspecified atom stereocenters. The highest BCUT2D eigenvalue weighted by Crippen LogP contribution is 1.96. The monoisotopic (exact) mass is 125 g/mol. The second-order valence-electron chi connectivity index (χ2n) is 2.61. The lowest BCUT2D eigenvalue weighted by Crippen LogP contribution is -2.17. The van der Waals surface area contributed by atoms with Crippen molar-refractivity contribution < 1.29 is 4.58 Å². The Morgan fingerprint density at radius 3 is 2.44 bits per heavy atom. The second-order valence-corrected chi connectivity index (χ2v) is 2.61. The molecule has 0 saturated heterocycles. The molecule has 0 atom stereocenters. The van der Waals surface area contributed by atoms with Crippen LogP contribution in [0.5, 0.6) is 0 Å². The van der Waals surface area contributed by atoms with Crippen LogP contribution in [0.3, 0.4) is 0 Å². The first kappa shape index (κ1) is 6.33. The van der Waals surface area contributed by atoms with Gasteiger partial charge in [-0.25, -0.2) is 0 Å². The Morgan fingerprint density at radius 2 is 2.22 bits per heavy atom. The topological polar surface area (TPSA) is 6.25 Å². The van der Waals surface area contributed by atoms with Gasteiger partial charge in [0.1, 0.15) is 0 Å². The summed E-state index contributed by atoms with van der Waals surface area (Å²) in [5.74, 6) is 0. The summed E-state index contributed by atoms with van der Waals surface area (Å²) in [5.41, 5.74) is 1.34. The van der Waals surface area contributed by atoms with Crippen molar-refractivity contribution in [2.45, 2.75) is 13.8 Å². The van der Waals surface area contributed by atoms with Gasteiger partial charge in [0.2, 0.25) is 6.67 Å². The molecule has 0 fully saturated rings. The lowest BCUT2D eigenvalue weighted by atomic mass is 10.5. The molecule has 0 bridgehead atoms. The van der Waals surface area contributed by atoms with E-state index in [0.29, 0.717) is 0 Å². The van der Waals surface area contributed by atoms with Crippen molar-refractivity contribution >= 4 is 5.71 Å². The standard InChI is InChI=1S/C7H13N2/c1-7(2)9-5-4-8(3)6-9/h4-5H,6H2,1-3H3/q+1. The lowest BCUT2D eigenvalue weighted by molar-refractivity contribution is -0.463. The predicted octanol–water partition coefficient (Wildman–Crippen LogP) is 0.854. The Balaban J connectivity index is 2.71. The third-order valence-electron chi connectivity index (χ3n) is 1.45. The molecule has 1 heterocycles. The molecule has 1 aliphatic heterocycles. The first-order valence-electron chi connectivity index (χ1n) is 3.15. The Bertz CT molecular complexity index is 164. The van der Waals surface area contributed by atoms with E-state index in [1.54, 1.807) is 0 Å². The van der Waals surface area contributed by atoms with Gasteiger partial charge >= 0.3 is 0 Å². The zero-order valence-corrected chi connectivity index (χ0v) is 6.26. The van der Waals surface area contributed by atoms with Crippen LogP contribution in [-0.4, -0.2) is 28.9 Å². The Kier molecular flexibility index (Phi) is 1.56.